The minimum absolute atomic E-state index is 0.0213. The molecule has 0 radical (unpaired) electrons. The average molecular weight is 417 g/mol. The number of carbonyl (C=O) groups excluding carboxylic acids is 2. The first kappa shape index (κ1) is 20.3. The van der Waals surface area contributed by atoms with E-state index in [1.54, 1.807) is 31.4 Å². The SMILES string of the molecule is CCNC(=O)c1cccc(NC(=O)CNc2cc3oc4ccccc4c3cc2OC)c1. The van der Waals surface area contributed by atoms with Gasteiger partial charge in [-0.2, -0.15) is 0 Å². The number of para-hydroxylation sites is 1. The number of carbonyl (C=O) groups is 2. The smallest absolute Gasteiger partial charge is 0.251 e. The summed E-state index contributed by atoms with van der Waals surface area (Å²) in [4.78, 5) is 24.4. The van der Waals surface area contributed by atoms with E-state index in [1.807, 2.05) is 43.3 Å². The number of furan rings is 1. The third-order valence-corrected chi connectivity index (χ3v) is 4.88. The van der Waals surface area contributed by atoms with Gasteiger partial charge in [-0.25, -0.2) is 0 Å². The van der Waals surface area contributed by atoms with Crippen molar-refractivity contribution in [2.45, 2.75) is 6.92 Å². The fourth-order valence-corrected chi connectivity index (χ4v) is 3.44. The highest BCUT2D eigenvalue weighted by Gasteiger charge is 2.13. The monoisotopic (exact) mass is 417 g/mol. The standard InChI is InChI=1S/C24H23N3O4/c1-3-25-24(29)15-7-6-8-16(11-15)27-23(28)14-26-19-13-21-18(12-22(19)30-2)17-9-4-5-10-20(17)31-21/h4-13,26H,3,14H2,1-2H3,(H,25,29)(H,27,28). The van der Waals surface area contributed by atoms with Gasteiger partial charge in [-0.15, -0.1) is 0 Å². The summed E-state index contributed by atoms with van der Waals surface area (Å²) < 4.78 is 11.4. The number of benzene rings is 3. The number of ether oxygens (including phenoxy) is 1. The minimum atomic E-state index is -0.250. The van der Waals surface area contributed by atoms with E-state index < -0.39 is 0 Å². The van der Waals surface area contributed by atoms with E-state index in [9.17, 15) is 9.59 Å². The molecule has 3 N–H and O–H groups in total. The highest BCUT2D eigenvalue weighted by molar-refractivity contribution is 6.07. The first-order valence-electron chi connectivity index (χ1n) is 10.0. The highest BCUT2D eigenvalue weighted by atomic mass is 16.5. The maximum absolute atomic E-state index is 12.5. The number of hydrogen-bond donors (Lipinski definition) is 3. The molecular formula is C24H23N3O4. The first-order chi connectivity index (χ1) is 15.1. The summed E-state index contributed by atoms with van der Waals surface area (Å²) in [5.41, 5.74) is 3.20. The molecule has 0 aliphatic carbocycles. The van der Waals surface area contributed by atoms with Crippen molar-refractivity contribution in [3.63, 3.8) is 0 Å². The van der Waals surface area contributed by atoms with E-state index in [-0.39, 0.29) is 18.4 Å². The summed E-state index contributed by atoms with van der Waals surface area (Å²) in [6, 6.07) is 18.3. The molecule has 0 atom stereocenters. The molecule has 3 aromatic carbocycles. The molecule has 4 rings (SSSR count). The van der Waals surface area contributed by atoms with Gasteiger partial charge < -0.3 is 25.1 Å². The van der Waals surface area contributed by atoms with Crippen LogP contribution in [-0.2, 0) is 4.79 Å². The third-order valence-electron chi connectivity index (χ3n) is 4.88. The van der Waals surface area contributed by atoms with Gasteiger partial charge in [-0.3, -0.25) is 9.59 Å². The van der Waals surface area contributed by atoms with E-state index in [0.29, 0.717) is 34.8 Å². The summed E-state index contributed by atoms with van der Waals surface area (Å²) in [7, 11) is 1.58. The van der Waals surface area contributed by atoms with Crippen LogP contribution in [0.25, 0.3) is 21.9 Å². The Morgan fingerprint density at radius 2 is 1.81 bits per heavy atom. The van der Waals surface area contributed by atoms with Crippen molar-refractivity contribution in [2.24, 2.45) is 0 Å². The topological polar surface area (TPSA) is 92.6 Å². The molecule has 0 spiro atoms. The van der Waals surface area contributed by atoms with Crippen LogP contribution in [0.3, 0.4) is 0 Å². The maximum Gasteiger partial charge on any atom is 0.251 e. The van der Waals surface area contributed by atoms with Crippen molar-refractivity contribution >= 4 is 45.1 Å². The van der Waals surface area contributed by atoms with Crippen molar-refractivity contribution in [1.29, 1.82) is 0 Å². The molecule has 2 amide bonds. The Hall–Kier alpha value is -4.00. The second-order valence-corrected chi connectivity index (χ2v) is 6.99. The van der Waals surface area contributed by atoms with Gasteiger partial charge in [0.2, 0.25) is 5.91 Å². The molecule has 0 aliphatic rings. The Labute approximate surface area is 179 Å². The first-order valence-corrected chi connectivity index (χ1v) is 10.0. The molecule has 0 unspecified atom stereocenters. The molecule has 0 fully saturated rings. The van der Waals surface area contributed by atoms with E-state index in [0.717, 1.165) is 16.4 Å². The molecule has 0 saturated carbocycles. The fraction of sp³-hybridized carbons (Fsp3) is 0.167. The van der Waals surface area contributed by atoms with Crippen molar-refractivity contribution in [3.05, 3.63) is 66.2 Å². The molecule has 0 aliphatic heterocycles. The van der Waals surface area contributed by atoms with Crippen molar-refractivity contribution in [3.8, 4) is 5.75 Å². The number of methoxy groups -OCH3 is 1. The summed E-state index contributed by atoms with van der Waals surface area (Å²) in [6.07, 6.45) is 0. The molecule has 7 nitrogen and oxygen atoms in total. The van der Waals surface area contributed by atoms with Crippen LogP contribution in [0.5, 0.6) is 5.75 Å². The largest absolute Gasteiger partial charge is 0.495 e. The zero-order valence-electron chi connectivity index (χ0n) is 17.3. The van der Waals surface area contributed by atoms with Gasteiger partial charge in [-0.05, 0) is 37.3 Å². The Bertz CT molecular complexity index is 1260. The Balaban J connectivity index is 1.48. The average Bonchev–Trinajstić information content (AvgIpc) is 3.14. The van der Waals surface area contributed by atoms with Gasteiger partial charge in [0.15, 0.2) is 0 Å². The van der Waals surface area contributed by atoms with Crippen LogP contribution in [0.1, 0.15) is 17.3 Å². The van der Waals surface area contributed by atoms with Crippen LogP contribution in [0.4, 0.5) is 11.4 Å². The molecule has 158 valence electrons. The van der Waals surface area contributed by atoms with Gasteiger partial charge in [0.05, 0.1) is 19.3 Å². The lowest BCUT2D eigenvalue weighted by Crippen LogP contribution is -2.24. The Kier molecular flexibility index (Phi) is 5.75. The number of rotatable bonds is 7. The molecule has 1 heterocycles. The molecule has 0 saturated heterocycles. The van der Waals surface area contributed by atoms with Gasteiger partial charge >= 0.3 is 0 Å². The van der Waals surface area contributed by atoms with Gasteiger partial charge in [0.25, 0.3) is 5.91 Å². The zero-order chi connectivity index (χ0) is 21.8. The summed E-state index contributed by atoms with van der Waals surface area (Å²) in [5, 5.41) is 10.6. The normalized spacial score (nSPS) is 10.8. The molecule has 0 bridgehead atoms. The second-order valence-electron chi connectivity index (χ2n) is 6.99. The summed E-state index contributed by atoms with van der Waals surface area (Å²) in [6.45, 7) is 2.41. The fourth-order valence-electron chi connectivity index (χ4n) is 3.44. The van der Waals surface area contributed by atoms with Gasteiger partial charge in [0, 0.05) is 34.6 Å². The van der Waals surface area contributed by atoms with Crippen LogP contribution in [-0.4, -0.2) is 32.0 Å². The zero-order valence-corrected chi connectivity index (χ0v) is 17.3. The summed E-state index contributed by atoms with van der Waals surface area (Å²) >= 11 is 0. The predicted octanol–water partition coefficient (Wildman–Crippen LogP) is 4.39. The van der Waals surface area contributed by atoms with Crippen LogP contribution in [0.15, 0.2) is 65.1 Å². The number of fused-ring (bicyclic) bond motifs is 3. The van der Waals surface area contributed by atoms with Crippen molar-refractivity contribution in [2.75, 3.05) is 30.8 Å². The van der Waals surface area contributed by atoms with E-state index in [2.05, 4.69) is 16.0 Å². The van der Waals surface area contributed by atoms with E-state index in [4.69, 9.17) is 9.15 Å². The minimum Gasteiger partial charge on any atom is -0.495 e. The predicted molar refractivity (Wildman–Crippen MR) is 122 cm³/mol. The van der Waals surface area contributed by atoms with Crippen molar-refractivity contribution in [1.82, 2.24) is 5.32 Å². The molecule has 1 aromatic heterocycles. The molecule has 7 heteroatoms. The molecular weight excluding hydrogens is 394 g/mol. The number of anilines is 2. The van der Waals surface area contributed by atoms with Crippen LogP contribution < -0.4 is 20.7 Å². The second kappa shape index (κ2) is 8.79. The highest BCUT2D eigenvalue weighted by Crippen LogP contribution is 2.36. The summed E-state index contributed by atoms with van der Waals surface area (Å²) in [5.74, 6) is 0.186. The van der Waals surface area contributed by atoms with Crippen molar-refractivity contribution < 1.29 is 18.7 Å². The quantitative estimate of drug-likeness (QED) is 0.415. The maximum atomic E-state index is 12.5. The number of amides is 2. The van der Waals surface area contributed by atoms with Crippen LogP contribution in [0, 0.1) is 0 Å². The van der Waals surface area contributed by atoms with Gasteiger partial charge in [-0.1, -0.05) is 24.3 Å². The Morgan fingerprint density at radius 1 is 0.968 bits per heavy atom. The van der Waals surface area contributed by atoms with Gasteiger partial charge in [0.1, 0.15) is 16.9 Å². The van der Waals surface area contributed by atoms with Crippen LogP contribution in [0.2, 0.25) is 0 Å². The Morgan fingerprint density at radius 3 is 2.61 bits per heavy atom. The lowest BCUT2D eigenvalue weighted by Gasteiger charge is -2.12. The molecule has 4 aromatic rings. The number of nitrogens with one attached hydrogen (secondary N) is 3. The van der Waals surface area contributed by atoms with E-state index >= 15 is 0 Å². The van der Waals surface area contributed by atoms with Crippen LogP contribution >= 0.6 is 0 Å². The molecule has 31 heavy (non-hydrogen) atoms. The lowest BCUT2D eigenvalue weighted by atomic mass is 10.1. The van der Waals surface area contributed by atoms with E-state index in [1.165, 1.54) is 0 Å². The number of hydrogen-bond acceptors (Lipinski definition) is 5. The lowest BCUT2D eigenvalue weighted by molar-refractivity contribution is -0.114. The third kappa shape index (κ3) is 4.30.